The van der Waals surface area contributed by atoms with Crippen molar-refractivity contribution in [3.8, 4) is 23.3 Å². The summed E-state index contributed by atoms with van der Waals surface area (Å²) >= 11 is 0. The molecule has 0 saturated heterocycles. The van der Waals surface area contributed by atoms with Crippen LogP contribution in [0.5, 0.6) is 0 Å². The third-order valence-corrected chi connectivity index (χ3v) is 3.30. The van der Waals surface area contributed by atoms with Gasteiger partial charge in [-0.3, -0.25) is 4.79 Å². The van der Waals surface area contributed by atoms with E-state index >= 15 is 0 Å². The van der Waals surface area contributed by atoms with Gasteiger partial charge in [0.15, 0.2) is 0 Å². The number of aromatic nitrogens is 1. The summed E-state index contributed by atoms with van der Waals surface area (Å²) in [6.45, 7) is 1.29. The summed E-state index contributed by atoms with van der Waals surface area (Å²) in [7, 11) is 0. The van der Waals surface area contributed by atoms with Gasteiger partial charge in [-0.2, -0.15) is 23.7 Å². The van der Waals surface area contributed by atoms with Crippen LogP contribution in [0.1, 0.15) is 22.3 Å². The smallest absolute Gasteiger partial charge is 0.384 e. The van der Waals surface area contributed by atoms with E-state index in [4.69, 9.17) is 11.0 Å². The minimum atomic E-state index is -4.60. The number of hydrogen-bond donors (Lipinski definition) is 2. The van der Waals surface area contributed by atoms with Crippen molar-refractivity contribution in [2.45, 2.75) is 13.1 Å². The van der Waals surface area contributed by atoms with Crippen LogP contribution in [-0.4, -0.2) is 4.98 Å². The van der Waals surface area contributed by atoms with E-state index < -0.39 is 22.9 Å². The number of hydrogen-bond acceptors (Lipinski definition) is 4. The lowest BCUT2D eigenvalue weighted by Crippen LogP contribution is -2.16. The van der Waals surface area contributed by atoms with Gasteiger partial charge >= 0.3 is 6.18 Å². The number of pyridine rings is 1. The van der Waals surface area contributed by atoms with Gasteiger partial charge in [0.1, 0.15) is 29.1 Å². The molecule has 8 heteroatoms. The zero-order valence-electron chi connectivity index (χ0n) is 11.7. The second-order valence-electron chi connectivity index (χ2n) is 4.74. The van der Waals surface area contributed by atoms with Gasteiger partial charge in [-0.1, -0.05) is 12.1 Å². The fourth-order valence-electron chi connectivity index (χ4n) is 2.21. The summed E-state index contributed by atoms with van der Waals surface area (Å²) in [4.78, 5) is 13.9. The van der Waals surface area contributed by atoms with Crippen LogP contribution >= 0.6 is 0 Å². The second kappa shape index (κ2) is 5.50. The number of nitrogens with one attached hydrogen (secondary N) is 1. The van der Waals surface area contributed by atoms with Crippen molar-refractivity contribution in [1.29, 1.82) is 10.5 Å². The summed E-state index contributed by atoms with van der Waals surface area (Å²) in [5.41, 5.74) is 2.74. The topological polar surface area (TPSA) is 106 Å². The summed E-state index contributed by atoms with van der Waals surface area (Å²) in [6, 6.07) is 6.62. The number of rotatable bonds is 1. The van der Waals surface area contributed by atoms with Gasteiger partial charge in [-0.15, -0.1) is 0 Å². The molecule has 5 nitrogen and oxygen atoms in total. The van der Waals surface area contributed by atoms with Gasteiger partial charge in [0.2, 0.25) is 0 Å². The molecular weight excluding hydrogens is 309 g/mol. The van der Waals surface area contributed by atoms with Gasteiger partial charge in [0.25, 0.3) is 5.56 Å². The average Bonchev–Trinajstić information content (AvgIpc) is 2.46. The molecule has 0 spiro atoms. The van der Waals surface area contributed by atoms with Crippen molar-refractivity contribution < 1.29 is 13.2 Å². The highest BCUT2D eigenvalue weighted by atomic mass is 19.4. The van der Waals surface area contributed by atoms with E-state index in [1.807, 2.05) is 0 Å². The third kappa shape index (κ3) is 2.74. The minimum absolute atomic E-state index is 0.0175. The number of halogens is 3. The van der Waals surface area contributed by atoms with Gasteiger partial charge in [0, 0.05) is 5.56 Å². The number of nitrogens with zero attached hydrogens (tertiary/aromatic N) is 2. The fraction of sp³-hybridized carbons (Fsp3) is 0.133. The Morgan fingerprint density at radius 1 is 1.17 bits per heavy atom. The Kier molecular flexibility index (Phi) is 3.86. The van der Waals surface area contributed by atoms with E-state index in [0.29, 0.717) is 0 Å². The Morgan fingerprint density at radius 3 is 2.30 bits per heavy atom. The van der Waals surface area contributed by atoms with Crippen molar-refractivity contribution in [1.82, 2.24) is 4.98 Å². The predicted molar refractivity (Wildman–Crippen MR) is 76.1 cm³/mol. The van der Waals surface area contributed by atoms with Crippen molar-refractivity contribution in [3.63, 3.8) is 0 Å². The zero-order chi connectivity index (χ0) is 17.4. The van der Waals surface area contributed by atoms with Crippen LogP contribution in [0.25, 0.3) is 11.1 Å². The Bertz CT molecular complexity index is 930. The molecule has 0 amide bonds. The molecule has 1 aromatic heterocycles. The molecule has 23 heavy (non-hydrogen) atoms. The van der Waals surface area contributed by atoms with Crippen molar-refractivity contribution in [3.05, 3.63) is 50.8 Å². The maximum absolute atomic E-state index is 13.0. The number of nitrogens with two attached hydrogens (primary N) is 1. The number of anilines is 1. The molecule has 116 valence electrons. The Balaban J connectivity index is 2.91. The first kappa shape index (κ1) is 16.1. The molecule has 0 fully saturated rings. The molecule has 0 aliphatic carbocycles. The highest BCUT2D eigenvalue weighted by Gasteiger charge is 2.33. The first-order valence-corrected chi connectivity index (χ1v) is 6.24. The lowest BCUT2D eigenvalue weighted by atomic mass is 9.93. The molecule has 1 heterocycles. The molecule has 0 saturated carbocycles. The van der Waals surface area contributed by atoms with Crippen LogP contribution in [0, 0.1) is 29.6 Å². The van der Waals surface area contributed by atoms with Gasteiger partial charge in [-0.05, 0) is 24.1 Å². The highest BCUT2D eigenvalue weighted by Crippen LogP contribution is 2.36. The van der Waals surface area contributed by atoms with E-state index in [2.05, 4.69) is 4.98 Å². The van der Waals surface area contributed by atoms with E-state index in [9.17, 15) is 23.2 Å². The van der Waals surface area contributed by atoms with E-state index in [-0.39, 0.29) is 28.1 Å². The first-order chi connectivity index (χ1) is 10.7. The van der Waals surface area contributed by atoms with Crippen LogP contribution in [0.4, 0.5) is 19.0 Å². The van der Waals surface area contributed by atoms with E-state index in [1.165, 1.54) is 19.1 Å². The molecule has 1 aromatic carbocycles. The zero-order valence-corrected chi connectivity index (χ0v) is 11.7. The number of alkyl halides is 3. The summed E-state index contributed by atoms with van der Waals surface area (Å²) in [6.07, 6.45) is -4.60. The summed E-state index contributed by atoms with van der Waals surface area (Å²) in [5.74, 6) is -0.305. The third-order valence-electron chi connectivity index (χ3n) is 3.30. The SMILES string of the molecule is Cc1ccc(-c2c(C#N)c(N)[nH]c(=O)c2C#N)cc1C(F)(F)F. The van der Waals surface area contributed by atoms with Crippen LogP contribution in [0.2, 0.25) is 0 Å². The van der Waals surface area contributed by atoms with Gasteiger partial charge < -0.3 is 10.7 Å². The Hall–Kier alpha value is -3.26. The molecular formula is C15H9F3N4O. The predicted octanol–water partition coefficient (Wildman–Crippen LogP) is 2.69. The highest BCUT2D eigenvalue weighted by molar-refractivity contribution is 5.80. The lowest BCUT2D eigenvalue weighted by Gasteiger charge is -2.14. The van der Waals surface area contributed by atoms with Gasteiger partial charge in [-0.25, -0.2) is 0 Å². The standard InChI is InChI=1S/C15H9F3N4O/c1-7-2-3-8(4-11(7)15(16,17)18)12-9(5-19)13(21)22-14(23)10(12)6-20/h2-4H,1H3,(H3,21,22,23). The van der Waals surface area contributed by atoms with Crippen LogP contribution < -0.4 is 11.3 Å². The molecule has 0 atom stereocenters. The molecule has 0 aliphatic heterocycles. The van der Waals surface area contributed by atoms with Crippen molar-refractivity contribution in [2.75, 3.05) is 5.73 Å². The lowest BCUT2D eigenvalue weighted by molar-refractivity contribution is -0.138. The number of H-pyrrole nitrogens is 1. The van der Waals surface area contributed by atoms with Crippen molar-refractivity contribution >= 4 is 5.82 Å². The normalized spacial score (nSPS) is 10.9. The van der Waals surface area contributed by atoms with Crippen LogP contribution in [0.3, 0.4) is 0 Å². The number of aryl methyl sites for hydroxylation is 1. The average molecular weight is 318 g/mol. The maximum Gasteiger partial charge on any atom is 0.416 e. The second-order valence-corrected chi connectivity index (χ2v) is 4.74. The molecule has 0 radical (unpaired) electrons. The molecule has 2 rings (SSSR count). The first-order valence-electron chi connectivity index (χ1n) is 6.24. The number of aromatic amines is 1. The van der Waals surface area contributed by atoms with Crippen LogP contribution in [-0.2, 0) is 6.18 Å². The van der Waals surface area contributed by atoms with E-state index in [0.717, 1.165) is 6.07 Å². The fourth-order valence-corrected chi connectivity index (χ4v) is 2.21. The Labute approximate surface area is 128 Å². The summed E-state index contributed by atoms with van der Waals surface area (Å²) < 4.78 is 39.1. The van der Waals surface area contributed by atoms with E-state index in [1.54, 1.807) is 12.1 Å². The molecule has 0 bridgehead atoms. The maximum atomic E-state index is 13.0. The van der Waals surface area contributed by atoms with Crippen LogP contribution in [0.15, 0.2) is 23.0 Å². The molecule has 0 unspecified atom stereocenters. The molecule has 2 aromatic rings. The largest absolute Gasteiger partial charge is 0.416 e. The molecule has 0 aliphatic rings. The van der Waals surface area contributed by atoms with Gasteiger partial charge in [0.05, 0.1) is 5.56 Å². The summed E-state index contributed by atoms with van der Waals surface area (Å²) in [5, 5.41) is 18.3. The molecule has 3 N–H and O–H groups in total. The quantitative estimate of drug-likeness (QED) is 0.843. The van der Waals surface area contributed by atoms with Crippen molar-refractivity contribution in [2.24, 2.45) is 0 Å². The number of benzene rings is 1. The monoisotopic (exact) mass is 318 g/mol. The minimum Gasteiger partial charge on any atom is -0.384 e. The number of nitriles is 2. The number of nitrogen functional groups attached to an aromatic ring is 1. The Morgan fingerprint density at radius 2 is 1.78 bits per heavy atom.